The number of alkyl halides is 3. The number of amides is 1. The molecule has 0 saturated carbocycles. The molecule has 18 heavy (non-hydrogen) atoms. The number of hydrogen-bond acceptors (Lipinski definition) is 2. The van der Waals surface area contributed by atoms with Gasteiger partial charge in [-0.2, -0.15) is 13.2 Å². The number of rotatable bonds is 3. The first-order valence-electron chi connectivity index (χ1n) is 5.10. The van der Waals surface area contributed by atoms with Crippen LogP contribution in [0.4, 0.5) is 18.9 Å². The monoisotopic (exact) mass is 280 g/mol. The number of nitrogen functional groups attached to an aromatic ring is 1. The average molecular weight is 281 g/mol. The van der Waals surface area contributed by atoms with Gasteiger partial charge in [-0.1, -0.05) is 17.7 Å². The van der Waals surface area contributed by atoms with Crippen LogP contribution in [0.1, 0.15) is 12.5 Å². The molecule has 0 fully saturated rings. The molecule has 1 amide bonds. The molecule has 1 aromatic rings. The Morgan fingerprint density at radius 1 is 1.50 bits per heavy atom. The van der Waals surface area contributed by atoms with E-state index < -0.39 is 18.0 Å². The van der Waals surface area contributed by atoms with E-state index in [4.69, 9.17) is 17.3 Å². The highest BCUT2D eigenvalue weighted by atomic mass is 35.5. The molecule has 1 atom stereocenters. The summed E-state index contributed by atoms with van der Waals surface area (Å²) in [5.74, 6) is -3.11. The fourth-order valence-corrected chi connectivity index (χ4v) is 1.31. The van der Waals surface area contributed by atoms with Gasteiger partial charge in [-0.05, 0) is 24.6 Å². The lowest BCUT2D eigenvalue weighted by molar-refractivity contribution is -0.178. The van der Waals surface area contributed by atoms with Crippen molar-refractivity contribution in [2.24, 2.45) is 5.92 Å². The normalized spacial score (nSPS) is 13.2. The summed E-state index contributed by atoms with van der Waals surface area (Å²) >= 11 is 5.69. The van der Waals surface area contributed by atoms with Crippen LogP contribution >= 0.6 is 11.6 Å². The number of carbonyl (C=O) groups is 1. The molecule has 0 heterocycles. The third kappa shape index (κ3) is 3.80. The Hall–Kier alpha value is -1.43. The predicted octanol–water partition coefficient (Wildman–Crippen LogP) is 2.74. The largest absolute Gasteiger partial charge is 0.400 e. The highest BCUT2D eigenvalue weighted by Crippen LogP contribution is 2.26. The minimum Gasteiger partial charge on any atom is -0.398 e. The third-order valence-electron chi connectivity index (χ3n) is 2.41. The Morgan fingerprint density at radius 2 is 2.11 bits per heavy atom. The van der Waals surface area contributed by atoms with E-state index in [0.717, 1.165) is 6.92 Å². The van der Waals surface area contributed by atoms with Crippen LogP contribution in [0, 0.1) is 5.92 Å². The van der Waals surface area contributed by atoms with E-state index in [9.17, 15) is 18.0 Å². The molecule has 3 N–H and O–H groups in total. The van der Waals surface area contributed by atoms with E-state index in [1.54, 1.807) is 6.07 Å². The topological polar surface area (TPSA) is 55.1 Å². The van der Waals surface area contributed by atoms with Gasteiger partial charge < -0.3 is 11.1 Å². The average Bonchev–Trinajstić information content (AvgIpc) is 2.28. The van der Waals surface area contributed by atoms with E-state index in [1.807, 2.05) is 0 Å². The van der Waals surface area contributed by atoms with Gasteiger partial charge in [0.25, 0.3) is 0 Å². The number of halogens is 4. The Bertz CT molecular complexity index is 448. The third-order valence-corrected chi connectivity index (χ3v) is 2.76. The van der Waals surface area contributed by atoms with Gasteiger partial charge >= 0.3 is 6.18 Å². The summed E-state index contributed by atoms with van der Waals surface area (Å²) in [5.41, 5.74) is 6.43. The van der Waals surface area contributed by atoms with E-state index in [0.29, 0.717) is 16.3 Å². The number of hydrogen-bond donors (Lipinski definition) is 2. The molecule has 0 unspecified atom stereocenters. The van der Waals surface area contributed by atoms with Crippen molar-refractivity contribution in [2.75, 3.05) is 5.73 Å². The van der Waals surface area contributed by atoms with Gasteiger partial charge in [-0.25, -0.2) is 0 Å². The lowest BCUT2D eigenvalue weighted by atomic mass is 10.1. The van der Waals surface area contributed by atoms with Crippen LogP contribution in [-0.2, 0) is 11.3 Å². The maximum atomic E-state index is 12.2. The molecule has 100 valence electrons. The zero-order chi connectivity index (χ0) is 13.9. The van der Waals surface area contributed by atoms with Crippen molar-refractivity contribution in [3.05, 3.63) is 28.8 Å². The first-order valence-corrected chi connectivity index (χ1v) is 5.48. The Labute approximate surface area is 107 Å². The molecule has 0 aliphatic rings. The summed E-state index contributed by atoms with van der Waals surface area (Å²) in [4.78, 5) is 11.2. The van der Waals surface area contributed by atoms with Crippen LogP contribution in [0.3, 0.4) is 0 Å². The first-order chi connectivity index (χ1) is 8.21. The molecule has 3 nitrogen and oxygen atoms in total. The van der Waals surface area contributed by atoms with Crippen LogP contribution < -0.4 is 11.1 Å². The second-order valence-electron chi connectivity index (χ2n) is 3.84. The molecule has 0 aromatic heterocycles. The molecule has 0 radical (unpaired) electrons. The smallest absolute Gasteiger partial charge is 0.398 e. The molecule has 0 aliphatic heterocycles. The highest BCUT2D eigenvalue weighted by Gasteiger charge is 2.40. The molecule has 0 bridgehead atoms. The zero-order valence-corrected chi connectivity index (χ0v) is 10.3. The first kappa shape index (κ1) is 14.6. The fourth-order valence-electron chi connectivity index (χ4n) is 1.19. The second kappa shape index (κ2) is 5.48. The predicted molar refractivity (Wildman–Crippen MR) is 62.9 cm³/mol. The summed E-state index contributed by atoms with van der Waals surface area (Å²) in [7, 11) is 0. The SMILES string of the molecule is C[C@@H](C(=O)NCc1ccc(Cl)c(N)c1)C(F)(F)F. The van der Waals surface area contributed by atoms with E-state index >= 15 is 0 Å². The fraction of sp³-hybridized carbons (Fsp3) is 0.364. The maximum Gasteiger partial charge on any atom is 0.400 e. The number of benzene rings is 1. The van der Waals surface area contributed by atoms with Crippen LogP contribution in [0.25, 0.3) is 0 Å². The van der Waals surface area contributed by atoms with Crippen molar-refractivity contribution in [3.8, 4) is 0 Å². The van der Waals surface area contributed by atoms with Gasteiger partial charge in [0.2, 0.25) is 5.91 Å². The van der Waals surface area contributed by atoms with E-state index in [-0.39, 0.29) is 6.54 Å². The van der Waals surface area contributed by atoms with Gasteiger partial charge in [0.15, 0.2) is 0 Å². The molecule has 0 saturated heterocycles. The summed E-state index contributed by atoms with van der Waals surface area (Å²) in [6.45, 7) is 0.784. The minimum absolute atomic E-state index is 0.0272. The Kier molecular flexibility index (Phi) is 4.45. The van der Waals surface area contributed by atoms with Crippen molar-refractivity contribution in [1.29, 1.82) is 0 Å². The molecule has 1 aromatic carbocycles. The molecule has 7 heteroatoms. The summed E-state index contributed by atoms with van der Waals surface area (Å²) in [5, 5.41) is 2.55. The van der Waals surface area contributed by atoms with Crippen molar-refractivity contribution < 1.29 is 18.0 Å². The quantitative estimate of drug-likeness (QED) is 0.837. The van der Waals surface area contributed by atoms with Gasteiger partial charge in [-0.15, -0.1) is 0 Å². The zero-order valence-electron chi connectivity index (χ0n) is 9.51. The summed E-state index contributed by atoms with van der Waals surface area (Å²) in [6.07, 6.45) is -4.54. The molecular weight excluding hydrogens is 269 g/mol. The van der Waals surface area contributed by atoms with Gasteiger partial charge in [-0.3, -0.25) is 4.79 Å². The van der Waals surface area contributed by atoms with Crippen LogP contribution in [0.15, 0.2) is 18.2 Å². The highest BCUT2D eigenvalue weighted by molar-refractivity contribution is 6.33. The van der Waals surface area contributed by atoms with Crippen molar-refractivity contribution in [1.82, 2.24) is 5.32 Å². The van der Waals surface area contributed by atoms with Crippen LogP contribution in [0.2, 0.25) is 5.02 Å². The van der Waals surface area contributed by atoms with Gasteiger partial charge in [0.05, 0.1) is 10.7 Å². The molecular formula is C11H12ClF3N2O. The van der Waals surface area contributed by atoms with Crippen molar-refractivity contribution >= 4 is 23.2 Å². The minimum atomic E-state index is -4.54. The van der Waals surface area contributed by atoms with Crippen molar-refractivity contribution in [2.45, 2.75) is 19.6 Å². The van der Waals surface area contributed by atoms with Gasteiger partial charge in [0.1, 0.15) is 5.92 Å². The molecule has 0 spiro atoms. The number of nitrogens with one attached hydrogen (secondary N) is 1. The lowest BCUT2D eigenvalue weighted by Crippen LogP contribution is -2.37. The number of carbonyl (C=O) groups excluding carboxylic acids is 1. The second-order valence-corrected chi connectivity index (χ2v) is 4.24. The Morgan fingerprint density at radius 3 is 2.61 bits per heavy atom. The Balaban J connectivity index is 2.60. The summed E-state index contributed by atoms with van der Waals surface area (Å²) < 4.78 is 36.7. The summed E-state index contributed by atoms with van der Waals surface area (Å²) in [6, 6.07) is 4.60. The maximum absolute atomic E-state index is 12.2. The van der Waals surface area contributed by atoms with E-state index in [1.165, 1.54) is 12.1 Å². The number of anilines is 1. The molecule has 0 aliphatic carbocycles. The lowest BCUT2D eigenvalue weighted by Gasteiger charge is -2.15. The van der Waals surface area contributed by atoms with Crippen LogP contribution in [0.5, 0.6) is 0 Å². The van der Waals surface area contributed by atoms with Crippen LogP contribution in [-0.4, -0.2) is 12.1 Å². The van der Waals surface area contributed by atoms with Crippen molar-refractivity contribution in [3.63, 3.8) is 0 Å². The van der Waals surface area contributed by atoms with Gasteiger partial charge in [0, 0.05) is 6.54 Å². The molecule has 1 rings (SSSR count). The van der Waals surface area contributed by atoms with E-state index in [2.05, 4.69) is 5.32 Å². The standard InChI is InChI=1S/C11H12ClF3N2O/c1-6(11(13,14)15)10(18)17-5-7-2-3-8(12)9(16)4-7/h2-4,6H,5,16H2,1H3,(H,17,18)/t6-/m0/s1. The number of nitrogens with two attached hydrogens (primary N) is 1.